The summed E-state index contributed by atoms with van der Waals surface area (Å²) in [5.74, 6) is -1.25. The summed E-state index contributed by atoms with van der Waals surface area (Å²) in [5.41, 5.74) is 0. The van der Waals surface area contributed by atoms with Crippen LogP contribution in [0.4, 0.5) is 8.78 Å². The van der Waals surface area contributed by atoms with Gasteiger partial charge < -0.3 is 4.74 Å². The molecule has 9 heteroatoms. The molecule has 3 atom stereocenters. The number of alkyl halides is 2. The monoisotopic (exact) mass is 354 g/mol. The Labute approximate surface area is 133 Å². The number of hydrogen-bond acceptors (Lipinski definition) is 5. The highest BCUT2D eigenvalue weighted by atomic mass is 32.2. The van der Waals surface area contributed by atoms with Crippen molar-refractivity contribution in [3.63, 3.8) is 0 Å². The molecule has 0 amide bonds. The van der Waals surface area contributed by atoms with Crippen LogP contribution in [0.3, 0.4) is 0 Å². The number of fused-ring (bicyclic) bond motifs is 2. The Balaban J connectivity index is 1.77. The second-order valence-corrected chi connectivity index (χ2v) is 7.79. The summed E-state index contributed by atoms with van der Waals surface area (Å²) >= 11 is 0. The summed E-state index contributed by atoms with van der Waals surface area (Å²) in [6, 6.07) is 0. The highest BCUT2D eigenvalue weighted by molar-refractivity contribution is 7.87. The Morgan fingerprint density at radius 2 is 2.04 bits per heavy atom. The second kappa shape index (κ2) is 6.80. The first-order valence-electron chi connectivity index (χ1n) is 7.67. The smallest absolute Gasteiger partial charge is 0.460 e. The molecule has 0 radical (unpaired) electrons. The molecule has 0 aliphatic heterocycles. The van der Waals surface area contributed by atoms with E-state index in [9.17, 15) is 26.8 Å². The molecule has 2 bridgehead atoms. The summed E-state index contributed by atoms with van der Waals surface area (Å²) in [7, 11) is -5.83. The minimum atomic E-state index is -5.83. The van der Waals surface area contributed by atoms with Gasteiger partial charge in [-0.1, -0.05) is 12.8 Å². The maximum atomic E-state index is 13.0. The molecule has 0 saturated heterocycles. The van der Waals surface area contributed by atoms with Crippen molar-refractivity contribution >= 4 is 21.9 Å². The molecule has 2 fully saturated rings. The topological polar surface area (TPSA) is 97.7 Å². The average Bonchev–Trinajstić information content (AvgIpc) is 2.47. The van der Waals surface area contributed by atoms with Crippen molar-refractivity contribution in [2.24, 2.45) is 17.8 Å². The van der Waals surface area contributed by atoms with Crippen LogP contribution >= 0.6 is 0 Å². The number of carbonyl (C=O) groups is 2. The predicted octanol–water partition coefficient (Wildman–Crippen LogP) is 2.19. The highest BCUT2D eigenvalue weighted by Gasteiger charge is 2.54. The summed E-state index contributed by atoms with van der Waals surface area (Å²) in [6.07, 6.45) is 5.21. The zero-order valence-corrected chi connectivity index (χ0v) is 13.4. The van der Waals surface area contributed by atoms with E-state index in [0.29, 0.717) is 18.8 Å². The number of halogens is 2. The Morgan fingerprint density at radius 1 is 1.35 bits per heavy atom. The van der Waals surface area contributed by atoms with Crippen molar-refractivity contribution < 1.29 is 36.1 Å². The Kier molecular flexibility index (Phi) is 5.40. The van der Waals surface area contributed by atoms with Gasteiger partial charge in [0.15, 0.2) is 0 Å². The summed E-state index contributed by atoms with van der Waals surface area (Å²) < 4.78 is 59.3. The van der Waals surface area contributed by atoms with Crippen LogP contribution in [0.5, 0.6) is 0 Å². The molecule has 23 heavy (non-hydrogen) atoms. The van der Waals surface area contributed by atoms with Gasteiger partial charge in [-0.05, 0) is 37.5 Å². The number of ether oxygens (including phenoxy) is 1. The standard InChI is InChI=1S/C14H20F2O6S/c15-14(16,23(19,20)21)13(18)22-6-2-5-10-8-12(17)11-4-1-3-9(10)7-11/h9-11H,1-8H2,(H,19,20,21). The van der Waals surface area contributed by atoms with Crippen LogP contribution in [0.15, 0.2) is 0 Å². The van der Waals surface area contributed by atoms with Crippen LogP contribution in [0, 0.1) is 17.8 Å². The predicted molar refractivity (Wildman–Crippen MR) is 75.3 cm³/mol. The summed E-state index contributed by atoms with van der Waals surface area (Å²) in [6.45, 7) is -0.370. The lowest BCUT2D eigenvalue weighted by atomic mass is 9.65. The summed E-state index contributed by atoms with van der Waals surface area (Å²) in [4.78, 5) is 22.9. The molecule has 1 N–H and O–H groups in total. The van der Waals surface area contributed by atoms with Crippen LogP contribution in [0.2, 0.25) is 0 Å². The molecule has 132 valence electrons. The van der Waals surface area contributed by atoms with Crippen molar-refractivity contribution in [2.75, 3.05) is 6.61 Å². The van der Waals surface area contributed by atoms with Gasteiger partial charge in [-0.2, -0.15) is 17.2 Å². The van der Waals surface area contributed by atoms with Crippen molar-refractivity contribution in [1.82, 2.24) is 0 Å². The van der Waals surface area contributed by atoms with Crippen LogP contribution < -0.4 is 0 Å². The number of esters is 1. The molecule has 0 aromatic heterocycles. The lowest BCUT2D eigenvalue weighted by molar-refractivity contribution is -0.161. The largest absolute Gasteiger partial charge is 0.465 e. The third-order valence-electron chi connectivity index (χ3n) is 4.81. The maximum absolute atomic E-state index is 13.0. The van der Waals surface area contributed by atoms with Gasteiger partial charge >= 0.3 is 21.3 Å². The SMILES string of the molecule is O=C1CC(CCCOC(=O)C(F)(F)S(=O)(=O)O)C2CCCC1C2. The second-order valence-electron chi connectivity index (χ2n) is 6.32. The third kappa shape index (κ3) is 4.06. The van der Waals surface area contributed by atoms with Gasteiger partial charge in [0, 0.05) is 12.3 Å². The molecular formula is C14H20F2O6S. The molecule has 0 heterocycles. The van der Waals surface area contributed by atoms with Gasteiger partial charge in [0.05, 0.1) is 6.61 Å². The van der Waals surface area contributed by atoms with E-state index in [0.717, 1.165) is 25.7 Å². The van der Waals surface area contributed by atoms with Crippen LogP contribution in [-0.2, 0) is 24.4 Å². The highest BCUT2D eigenvalue weighted by Crippen LogP contribution is 2.43. The molecule has 6 nitrogen and oxygen atoms in total. The van der Waals surface area contributed by atoms with Crippen molar-refractivity contribution in [3.05, 3.63) is 0 Å². The van der Waals surface area contributed by atoms with E-state index >= 15 is 0 Å². The van der Waals surface area contributed by atoms with E-state index in [1.54, 1.807) is 0 Å². The van der Waals surface area contributed by atoms with Gasteiger partial charge in [-0.15, -0.1) is 0 Å². The maximum Gasteiger partial charge on any atom is 0.465 e. The third-order valence-corrected chi connectivity index (χ3v) is 5.63. The molecule has 0 aromatic carbocycles. The van der Waals surface area contributed by atoms with Gasteiger partial charge in [0.1, 0.15) is 5.78 Å². The van der Waals surface area contributed by atoms with E-state index in [4.69, 9.17) is 4.55 Å². The molecule has 2 aliphatic carbocycles. The van der Waals surface area contributed by atoms with Gasteiger partial charge in [0.2, 0.25) is 0 Å². The van der Waals surface area contributed by atoms with Crippen LogP contribution in [0.25, 0.3) is 0 Å². The van der Waals surface area contributed by atoms with E-state index in [2.05, 4.69) is 4.74 Å². The van der Waals surface area contributed by atoms with Crippen molar-refractivity contribution in [3.8, 4) is 0 Å². The number of ketones is 1. The van der Waals surface area contributed by atoms with E-state index in [1.165, 1.54) is 0 Å². The summed E-state index contributed by atoms with van der Waals surface area (Å²) in [5, 5.41) is -4.95. The minimum absolute atomic E-state index is 0.163. The average molecular weight is 354 g/mol. The number of Topliss-reactive ketones (excluding diaryl/α,β-unsaturated/α-hetero) is 1. The number of hydrogen-bond donors (Lipinski definition) is 1. The quantitative estimate of drug-likeness (QED) is 0.446. The fraction of sp³-hybridized carbons (Fsp3) is 0.857. The first-order chi connectivity index (χ1) is 10.6. The van der Waals surface area contributed by atoms with Gasteiger partial charge in [-0.3, -0.25) is 9.35 Å². The van der Waals surface area contributed by atoms with Gasteiger partial charge in [-0.25, -0.2) is 4.79 Å². The van der Waals surface area contributed by atoms with E-state index in [1.807, 2.05) is 0 Å². The molecule has 2 rings (SSSR count). The molecular weight excluding hydrogens is 334 g/mol. The first-order valence-corrected chi connectivity index (χ1v) is 9.11. The molecule has 0 spiro atoms. The van der Waals surface area contributed by atoms with Crippen LogP contribution in [-0.4, -0.2) is 36.6 Å². The van der Waals surface area contributed by atoms with Crippen molar-refractivity contribution in [1.29, 1.82) is 0 Å². The Morgan fingerprint density at radius 3 is 2.70 bits per heavy atom. The fourth-order valence-electron chi connectivity index (χ4n) is 3.58. The Bertz CT molecular complexity index is 574. The zero-order valence-electron chi connectivity index (χ0n) is 12.5. The zero-order chi connectivity index (χ0) is 17.3. The lowest BCUT2D eigenvalue weighted by Gasteiger charge is -2.39. The minimum Gasteiger partial charge on any atom is -0.460 e. The molecule has 2 saturated carbocycles. The molecule has 3 unspecified atom stereocenters. The van der Waals surface area contributed by atoms with Gasteiger partial charge in [0.25, 0.3) is 0 Å². The molecule has 0 aromatic rings. The Hall–Kier alpha value is -1.09. The first kappa shape index (κ1) is 18.3. The van der Waals surface area contributed by atoms with Crippen LogP contribution in [0.1, 0.15) is 44.9 Å². The van der Waals surface area contributed by atoms with E-state index < -0.39 is 21.3 Å². The molecule has 2 aliphatic rings. The van der Waals surface area contributed by atoms with E-state index in [-0.39, 0.29) is 30.6 Å². The number of rotatable bonds is 6. The fourth-order valence-corrected chi connectivity index (χ4v) is 3.85. The van der Waals surface area contributed by atoms with Crippen molar-refractivity contribution in [2.45, 2.75) is 50.2 Å². The number of carbonyl (C=O) groups excluding carboxylic acids is 2. The lowest BCUT2D eigenvalue weighted by Crippen LogP contribution is -2.39. The normalized spacial score (nSPS) is 28.5.